The summed E-state index contributed by atoms with van der Waals surface area (Å²) in [7, 11) is 3.03. The van der Waals surface area contributed by atoms with Gasteiger partial charge in [0.1, 0.15) is 5.75 Å². The summed E-state index contributed by atoms with van der Waals surface area (Å²) in [4.78, 5) is 24.6. The number of halogens is 1. The highest BCUT2D eigenvalue weighted by Crippen LogP contribution is 2.34. The first kappa shape index (κ1) is 22.3. The fourth-order valence-electron chi connectivity index (χ4n) is 2.61. The number of methoxy groups -OCH3 is 2. The second kappa shape index (κ2) is 10.6. The van der Waals surface area contributed by atoms with Gasteiger partial charge in [0.15, 0.2) is 11.5 Å². The number of hydrogen-bond donors (Lipinski definition) is 1. The average Bonchev–Trinajstić information content (AvgIpc) is 2.81. The summed E-state index contributed by atoms with van der Waals surface area (Å²) in [6.07, 6.45) is 1.49. The van der Waals surface area contributed by atoms with Gasteiger partial charge in [-0.1, -0.05) is 18.2 Å². The van der Waals surface area contributed by atoms with Crippen molar-refractivity contribution >= 4 is 40.7 Å². The van der Waals surface area contributed by atoms with Gasteiger partial charge in [-0.2, -0.15) is 5.10 Å². The number of nitrogens with one attached hydrogen (secondary N) is 1. The largest absolute Gasteiger partial charge is 0.497 e. The van der Waals surface area contributed by atoms with E-state index in [4.69, 9.17) is 14.2 Å². The van der Waals surface area contributed by atoms with Gasteiger partial charge in [-0.05, 0) is 76.7 Å². The van der Waals surface area contributed by atoms with Crippen LogP contribution in [0.5, 0.6) is 17.2 Å². The maximum absolute atomic E-state index is 12.5. The smallest absolute Gasteiger partial charge is 0.343 e. The maximum Gasteiger partial charge on any atom is 0.343 e. The number of amides is 1. The molecule has 3 aromatic carbocycles. The lowest BCUT2D eigenvalue weighted by Gasteiger charge is -2.12. The maximum atomic E-state index is 12.5. The van der Waals surface area contributed by atoms with Crippen molar-refractivity contribution in [2.75, 3.05) is 14.2 Å². The number of benzene rings is 3. The van der Waals surface area contributed by atoms with E-state index >= 15 is 0 Å². The molecule has 0 aliphatic carbocycles. The first-order valence-corrected chi connectivity index (χ1v) is 10.2. The Balaban J connectivity index is 1.73. The number of hydrazone groups is 1. The van der Waals surface area contributed by atoms with Gasteiger partial charge in [0, 0.05) is 5.56 Å². The predicted octanol–water partition coefficient (Wildman–Crippen LogP) is 4.29. The van der Waals surface area contributed by atoms with Crippen LogP contribution in [-0.4, -0.2) is 32.3 Å². The van der Waals surface area contributed by atoms with E-state index in [0.717, 1.165) is 0 Å². The molecule has 0 spiro atoms. The summed E-state index contributed by atoms with van der Waals surface area (Å²) in [5, 5.41) is 3.99. The van der Waals surface area contributed by atoms with Crippen molar-refractivity contribution in [2.24, 2.45) is 5.10 Å². The minimum absolute atomic E-state index is 0.300. The number of carbonyl (C=O) groups excluding carboxylic acids is 2. The minimum Gasteiger partial charge on any atom is -0.497 e. The second-order valence-corrected chi connectivity index (χ2v) is 7.38. The Morgan fingerprint density at radius 2 is 1.65 bits per heavy atom. The summed E-state index contributed by atoms with van der Waals surface area (Å²) in [6.45, 7) is 0. The molecule has 8 heteroatoms. The summed E-state index contributed by atoms with van der Waals surface area (Å²) in [5.74, 6) is 0.477. The van der Waals surface area contributed by atoms with Crippen LogP contribution in [0.1, 0.15) is 26.3 Å². The highest BCUT2D eigenvalue weighted by molar-refractivity contribution is 14.1. The third kappa shape index (κ3) is 5.82. The van der Waals surface area contributed by atoms with E-state index in [0.29, 0.717) is 37.5 Å². The number of esters is 1. The van der Waals surface area contributed by atoms with Crippen LogP contribution in [0.25, 0.3) is 0 Å². The van der Waals surface area contributed by atoms with Crippen molar-refractivity contribution < 1.29 is 23.8 Å². The molecule has 3 rings (SSSR count). The predicted molar refractivity (Wildman–Crippen MR) is 125 cm³/mol. The zero-order chi connectivity index (χ0) is 22.2. The second-order valence-electron chi connectivity index (χ2n) is 6.22. The van der Waals surface area contributed by atoms with Crippen LogP contribution in [0.3, 0.4) is 0 Å². The normalized spacial score (nSPS) is 10.5. The van der Waals surface area contributed by atoms with Crippen LogP contribution in [0, 0.1) is 3.57 Å². The van der Waals surface area contributed by atoms with Gasteiger partial charge in [-0.15, -0.1) is 0 Å². The molecule has 0 unspecified atom stereocenters. The van der Waals surface area contributed by atoms with Crippen molar-refractivity contribution in [1.29, 1.82) is 0 Å². The van der Waals surface area contributed by atoms with Gasteiger partial charge < -0.3 is 14.2 Å². The molecule has 0 fully saturated rings. The summed E-state index contributed by atoms with van der Waals surface area (Å²) in [5.41, 5.74) is 4.03. The Labute approximate surface area is 193 Å². The Morgan fingerprint density at radius 1 is 0.935 bits per heavy atom. The molecule has 0 radical (unpaired) electrons. The van der Waals surface area contributed by atoms with E-state index in [1.165, 1.54) is 13.3 Å². The Bertz CT molecular complexity index is 1100. The molecule has 0 atom stereocenters. The van der Waals surface area contributed by atoms with Crippen LogP contribution in [0.4, 0.5) is 0 Å². The van der Waals surface area contributed by atoms with E-state index in [2.05, 4.69) is 10.5 Å². The first-order chi connectivity index (χ1) is 15.0. The monoisotopic (exact) mass is 530 g/mol. The fraction of sp³-hybridized carbons (Fsp3) is 0.0870. The number of ether oxygens (including phenoxy) is 3. The summed E-state index contributed by atoms with van der Waals surface area (Å²) >= 11 is 2.05. The van der Waals surface area contributed by atoms with Gasteiger partial charge in [0.25, 0.3) is 5.91 Å². The zero-order valence-electron chi connectivity index (χ0n) is 16.8. The highest BCUT2D eigenvalue weighted by Gasteiger charge is 2.17. The van der Waals surface area contributed by atoms with E-state index in [9.17, 15) is 9.59 Å². The van der Waals surface area contributed by atoms with E-state index in [-0.39, 0.29) is 5.91 Å². The standard InChI is InChI=1S/C23H19IN2O5/c1-29-18-10-8-17(9-11-18)23(28)31-21-19(24)12-15(13-20(21)30-2)14-25-26-22(27)16-6-4-3-5-7-16/h3-14H,1-2H3,(H,26,27)/b25-14-. The van der Waals surface area contributed by atoms with Gasteiger partial charge in [0.2, 0.25) is 0 Å². The number of hydrogen-bond acceptors (Lipinski definition) is 6. The summed E-state index contributed by atoms with van der Waals surface area (Å²) < 4.78 is 16.7. The fourth-order valence-corrected chi connectivity index (χ4v) is 3.35. The van der Waals surface area contributed by atoms with Crippen molar-refractivity contribution in [1.82, 2.24) is 5.43 Å². The van der Waals surface area contributed by atoms with Crippen molar-refractivity contribution in [3.05, 3.63) is 87.0 Å². The van der Waals surface area contributed by atoms with E-state index in [1.54, 1.807) is 67.8 Å². The zero-order valence-corrected chi connectivity index (χ0v) is 19.0. The molecule has 0 heterocycles. The number of nitrogens with zero attached hydrogens (tertiary/aromatic N) is 1. The van der Waals surface area contributed by atoms with Crippen molar-refractivity contribution in [3.63, 3.8) is 0 Å². The molecule has 158 valence electrons. The van der Waals surface area contributed by atoms with Crippen molar-refractivity contribution in [2.45, 2.75) is 0 Å². The van der Waals surface area contributed by atoms with Gasteiger partial charge in [-0.3, -0.25) is 4.79 Å². The van der Waals surface area contributed by atoms with E-state index < -0.39 is 5.97 Å². The molecule has 0 saturated heterocycles. The molecule has 0 aliphatic rings. The lowest BCUT2D eigenvalue weighted by atomic mass is 10.2. The van der Waals surface area contributed by atoms with E-state index in [1.807, 2.05) is 28.7 Å². The van der Waals surface area contributed by atoms with Gasteiger partial charge in [0.05, 0.1) is 29.6 Å². The number of rotatable bonds is 7. The number of carbonyl (C=O) groups is 2. The first-order valence-electron chi connectivity index (χ1n) is 9.14. The molecular weight excluding hydrogens is 511 g/mol. The Kier molecular flexibility index (Phi) is 7.60. The summed E-state index contributed by atoms with van der Waals surface area (Å²) in [6, 6.07) is 18.8. The molecule has 0 aromatic heterocycles. The van der Waals surface area contributed by atoms with Gasteiger partial charge in [-0.25, -0.2) is 10.2 Å². The average molecular weight is 530 g/mol. The van der Waals surface area contributed by atoms with Gasteiger partial charge >= 0.3 is 5.97 Å². The van der Waals surface area contributed by atoms with Crippen LogP contribution >= 0.6 is 22.6 Å². The third-order valence-electron chi connectivity index (χ3n) is 4.19. The quantitative estimate of drug-likeness (QED) is 0.162. The molecule has 0 bridgehead atoms. The topological polar surface area (TPSA) is 86.2 Å². The lowest BCUT2D eigenvalue weighted by Crippen LogP contribution is -2.17. The molecule has 0 aliphatic heterocycles. The Hall–Kier alpha value is -3.40. The van der Waals surface area contributed by atoms with Crippen LogP contribution in [0.15, 0.2) is 71.8 Å². The third-order valence-corrected chi connectivity index (χ3v) is 4.99. The molecule has 1 N–H and O–H groups in total. The molecule has 3 aromatic rings. The van der Waals surface area contributed by atoms with Crippen LogP contribution in [0.2, 0.25) is 0 Å². The Morgan fingerprint density at radius 3 is 2.29 bits per heavy atom. The SMILES string of the molecule is COc1ccc(C(=O)Oc2c(I)cc(/C=N\NC(=O)c3ccccc3)cc2OC)cc1. The van der Waals surface area contributed by atoms with Crippen LogP contribution < -0.4 is 19.6 Å². The molecule has 31 heavy (non-hydrogen) atoms. The van der Waals surface area contributed by atoms with Crippen LogP contribution in [-0.2, 0) is 0 Å². The molecule has 1 amide bonds. The lowest BCUT2D eigenvalue weighted by molar-refractivity contribution is 0.0728. The molecule has 7 nitrogen and oxygen atoms in total. The highest BCUT2D eigenvalue weighted by atomic mass is 127. The van der Waals surface area contributed by atoms with Crippen molar-refractivity contribution in [3.8, 4) is 17.2 Å². The molecular formula is C23H19IN2O5. The molecule has 0 saturated carbocycles. The minimum atomic E-state index is -0.518.